The van der Waals surface area contributed by atoms with E-state index in [9.17, 15) is 8.42 Å². The van der Waals surface area contributed by atoms with Crippen LogP contribution in [0.25, 0.3) is 11.4 Å². The van der Waals surface area contributed by atoms with E-state index in [1.807, 2.05) is 41.1 Å². The molecule has 2 aromatic heterocycles. The minimum Gasteiger partial charge on any atom is -0.267 e. The van der Waals surface area contributed by atoms with Gasteiger partial charge in [0.1, 0.15) is 11.4 Å². The lowest BCUT2D eigenvalue weighted by Crippen LogP contribution is -2.29. The van der Waals surface area contributed by atoms with Crippen molar-refractivity contribution in [3.8, 4) is 11.4 Å². The summed E-state index contributed by atoms with van der Waals surface area (Å²) in [6.07, 6.45) is 7.25. The highest BCUT2D eigenvalue weighted by atomic mass is 32.2. The fraction of sp³-hybridized carbons (Fsp3) is 0.316. The largest absolute Gasteiger partial charge is 0.267 e. The molecule has 7 nitrogen and oxygen atoms in total. The first-order valence-corrected chi connectivity index (χ1v) is 10.6. The van der Waals surface area contributed by atoms with Crippen LogP contribution in [-0.2, 0) is 22.3 Å². The third kappa shape index (κ3) is 4.58. The molecule has 0 bridgehead atoms. The van der Waals surface area contributed by atoms with Gasteiger partial charge >= 0.3 is 0 Å². The zero-order chi connectivity index (χ0) is 18.7. The van der Waals surface area contributed by atoms with E-state index in [4.69, 9.17) is 0 Å². The van der Waals surface area contributed by atoms with Crippen molar-refractivity contribution in [3.63, 3.8) is 0 Å². The first-order chi connectivity index (χ1) is 13.1. The topological polar surface area (TPSA) is 89.8 Å². The SMILES string of the molecule is O=S(=O)(Cc1ccccc1)NCCn1nc(-c2cnccn2)cc1C1CC1. The summed E-state index contributed by atoms with van der Waals surface area (Å²) in [7, 11) is -3.38. The van der Waals surface area contributed by atoms with Crippen molar-refractivity contribution in [2.75, 3.05) is 6.54 Å². The Morgan fingerprint density at radius 1 is 1.11 bits per heavy atom. The van der Waals surface area contributed by atoms with Crippen molar-refractivity contribution < 1.29 is 8.42 Å². The van der Waals surface area contributed by atoms with Gasteiger partial charge in [-0.2, -0.15) is 5.10 Å². The number of rotatable bonds is 8. The van der Waals surface area contributed by atoms with Crippen LogP contribution in [-0.4, -0.2) is 34.7 Å². The fourth-order valence-corrected chi connectivity index (χ4v) is 4.16. The second kappa shape index (κ2) is 7.58. The third-order valence-corrected chi connectivity index (χ3v) is 5.83. The van der Waals surface area contributed by atoms with Crippen molar-refractivity contribution in [1.82, 2.24) is 24.5 Å². The van der Waals surface area contributed by atoms with Gasteiger partial charge in [0, 0.05) is 30.6 Å². The summed E-state index contributed by atoms with van der Waals surface area (Å²) in [5, 5.41) is 4.62. The molecule has 0 amide bonds. The summed E-state index contributed by atoms with van der Waals surface area (Å²) in [5.74, 6) is 0.483. The Balaban J connectivity index is 1.43. The fourth-order valence-electron chi connectivity index (χ4n) is 3.03. The molecule has 1 aliphatic carbocycles. The number of benzene rings is 1. The molecule has 0 saturated heterocycles. The average molecular weight is 383 g/mol. The van der Waals surface area contributed by atoms with Gasteiger partial charge in [0.2, 0.25) is 10.0 Å². The number of sulfonamides is 1. The zero-order valence-electron chi connectivity index (χ0n) is 14.8. The Morgan fingerprint density at radius 3 is 2.63 bits per heavy atom. The molecule has 3 aromatic rings. The van der Waals surface area contributed by atoms with Crippen LogP contribution in [0.3, 0.4) is 0 Å². The number of hydrogen-bond acceptors (Lipinski definition) is 5. The van der Waals surface area contributed by atoms with Gasteiger partial charge in [-0.05, 0) is 24.5 Å². The highest BCUT2D eigenvalue weighted by Gasteiger charge is 2.28. The van der Waals surface area contributed by atoms with Crippen molar-refractivity contribution in [1.29, 1.82) is 0 Å². The lowest BCUT2D eigenvalue weighted by molar-refractivity contribution is 0.551. The highest BCUT2D eigenvalue weighted by Crippen LogP contribution is 2.41. The molecule has 27 heavy (non-hydrogen) atoms. The molecule has 2 heterocycles. The van der Waals surface area contributed by atoms with E-state index in [0.717, 1.165) is 35.5 Å². The average Bonchev–Trinajstić information content (AvgIpc) is 3.43. The van der Waals surface area contributed by atoms with Crippen LogP contribution in [0.1, 0.15) is 30.0 Å². The second-order valence-corrected chi connectivity index (χ2v) is 8.49. The van der Waals surface area contributed by atoms with Crippen LogP contribution < -0.4 is 4.72 Å². The van der Waals surface area contributed by atoms with E-state index in [1.165, 1.54) is 0 Å². The molecule has 1 aromatic carbocycles. The number of hydrogen-bond donors (Lipinski definition) is 1. The molecule has 0 atom stereocenters. The predicted molar refractivity (Wildman–Crippen MR) is 102 cm³/mol. The standard InChI is InChI=1S/C19H21N5O2S/c25-27(26,14-15-4-2-1-3-5-15)22-10-11-24-19(16-6-7-16)12-17(23-24)18-13-20-8-9-21-18/h1-5,8-9,12-13,16,22H,6-7,10-11,14H2. The number of aromatic nitrogens is 4. The quantitative estimate of drug-likeness (QED) is 0.645. The van der Waals surface area contributed by atoms with E-state index in [1.54, 1.807) is 18.6 Å². The lowest BCUT2D eigenvalue weighted by Gasteiger charge is -2.09. The minimum absolute atomic E-state index is 0.0206. The van der Waals surface area contributed by atoms with Crippen LogP contribution >= 0.6 is 0 Å². The van der Waals surface area contributed by atoms with Gasteiger partial charge < -0.3 is 0 Å². The minimum atomic E-state index is -3.38. The molecule has 8 heteroatoms. The van der Waals surface area contributed by atoms with E-state index in [2.05, 4.69) is 19.8 Å². The summed E-state index contributed by atoms with van der Waals surface area (Å²) >= 11 is 0. The van der Waals surface area contributed by atoms with Gasteiger partial charge in [-0.3, -0.25) is 14.6 Å². The molecule has 0 radical (unpaired) electrons. The molecule has 0 unspecified atom stereocenters. The normalized spacial score (nSPS) is 14.4. The maximum Gasteiger partial charge on any atom is 0.215 e. The molecular formula is C19H21N5O2S. The summed E-state index contributed by atoms with van der Waals surface area (Å²) in [6, 6.07) is 11.2. The Kier molecular flexibility index (Phi) is 5.00. The summed E-state index contributed by atoms with van der Waals surface area (Å²) in [6.45, 7) is 0.788. The van der Waals surface area contributed by atoms with E-state index in [-0.39, 0.29) is 5.75 Å². The molecule has 140 valence electrons. The maximum absolute atomic E-state index is 12.3. The smallest absolute Gasteiger partial charge is 0.215 e. The van der Waals surface area contributed by atoms with E-state index >= 15 is 0 Å². The summed E-state index contributed by atoms with van der Waals surface area (Å²) in [4.78, 5) is 8.39. The van der Waals surface area contributed by atoms with Crippen LogP contribution in [0.4, 0.5) is 0 Å². The second-order valence-electron chi connectivity index (χ2n) is 6.68. The van der Waals surface area contributed by atoms with Crippen LogP contribution in [0.15, 0.2) is 55.0 Å². The van der Waals surface area contributed by atoms with E-state index in [0.29, 0.717) is 19.0 Å². The third-order valence-electron chi connectivity index (χ3n) is 4.48. The molecular weight excluding hydrogens is 362 g/mol. The van der Waals surface area contributed by atoms with Gasteiger partial charge in [0.15, 0.2) is 0 Å². The molecule has 4 rings (SSSR count). The van der Waals surface area contributed by atoms with Crippen molar-refractivity contribution in [2.24, 2.45) is 0 Å². The monoisotopic (exact) mass is 383 g/mol. The van der Waals surface area contributed by atoms with Gasteiger partial charge in [-0.1, -0.05) is 30.3 Å². The maximum atomic E-state index is 12.3. The lowest BCUT2D eigenvalue weighted by atomic mass is 10.2. The number of nitrogens with zero attached hydrogens (tertiary/aromatic N) is 4. The Labute approximate surface area is 158 Å². The molecule has 0 aliphatic heterocycles. The van der Waals surface area contributed by atoms with Crippen molar-refractivity contribution in [2.45, 2.75) is 31.1 Å². The van der Waals surface area contributed by atoms with Crippen LogP contribution in [0.5, 0.6) is 0 Å². The Morgan fingerprint density at radius 2 is 1.93 bits per heavy atom. The first kappa shape index (κ1) is 17.8. The zero-order valence-corrected chi connectivity index (χ0v) is 15.6. The molecule has 1 N–H and O–H groups in total. The summed E-state index contributed by atoms with van der Waals surface area (Å²) in [5.41, 5.74) is 3.41. The Bertz CT molecular complexity index is 999. The predicted octanol–water partition coefficient (Wildman–Crippen LogP) is 2.34. The van der Waals surface area contributed by atoms with E-state index < -0.39 is 10.0 Å². The number of nitrogens with one attached hydrogen (secondary N) is 1. The van der Waals surface area contributed by atoms with Gasteiger partial charge in [0.25, 0.3) is 0 Å². The van der Waals surface area contributed by atoms with Gasteiger partial charge in [0.05, 0.1) is 18.5 Å². The Hall–Kier alpha value is -2.58. The van der Waals surface area contributed by atoms with Crippen LogP contribution in [0.2, 0.25) is 0 Å². The molecule has 1 aliphatic rings. The van der Waals surface area contributed by atoms with Crippen LogP contribution in [0, 0.1) is 0 Å². The molecule has 1 saturated carbocycles. The van der Waals surface area contributed by atoms with Gasteiger partial charge in [-0.25, -0.2) is 13.1 Å². The molecule has 1 fully saturated rings. The van der Waals surface area contributed by atoms with Crippen molar-refractivity contribution in [3.05, 3.63) is 66.2 Å². The molecule has 0 spiro atoms. The van der Waals surface area contributed by atoms with Crippen molar-refractivity contribution >= 4 is 10.0 Å². The first-order valence-electron chi connectivity index (χ1n) is 8.96. The van der Waals surface area contributed by atoms with Gasteiger partial charge in [-0.15, -0.1) is 0 Å². The highest BCUT2D eigenvalue weighted by molar-refractivity contribution is 7.88. The summed E-state index contributed by atoms with van der Waals surface area (Å²) < 4.78 is 29.1.